The highest BCUT2D eigenvalue weighted by Gasteiger charge is 2.33. The van der Waals surface area contributed by atoms with E-state index in [4.69, 9.17) is 26.9 Å². The van der Waals surface area contributed by atoms with Gasteiger partial charge in [-0.15, -0.1) is 0 Å². The Hall–Kier alpha value is -0.556. The molecule has 7 nitrogen and oxygen atoms in total. The normalized spacial score (nSPS) is 11.0. The molecule has 0 aliphatic carbocycles. The summed E-state index contributed by atoms with van der Waals surface area (Å²) in [7, 11) is -4.08. The summed E-state index contributed by atoms with van der Waals surface area (Å²) in [5.41, 5.74) is 0.388. The molecule has 0 saturated heterocycles. The molecule has 0 atom stereocenters. The van der Waals surface area contributed by atoms with Crippen LogP contribution in [0.15, 0.2) is 12.2 Å². The van der Waals surface area contributed by atoms with E-state index in [2.05, 4.69) is 6.58 Å². The van der Waals surface area contributed by atoms with E-state index in [1.165, 1.54) is 0 Å². The molecule has 0 aliphatic heterocycles. The Morgan fingerprint density at radius 2 is 1.28 bits per heavy atom. The highest BCUT2D eigenvalue weighted by molar-refractivity contribution is 6.66. The van der Waals surface area contributed by atoms with Crippen LogP contribution < -0.4 is 0 Å². The molecule has 0 spiro atoms. The molecular formula is C16H36O7Si2. The molecule has 0 aromatic heterocycles. The first kappa shape index (κ1) is 26.7. The van der Waals surface area contributed by atoms with Crippen LogP contribution in [0, 0.1) is 0 Å². The van der Waals surface area contributed by atoms with E-state index in [0.717, 1.165) is 0 Å². The molecule has 0 heterocycles. The first-order chi connectivity index (χ1) is 11.8. The highest BCUT2D eigenvalue weighted by Crippen LogP contribution is 2.08. The molecule has 0 aliphatic rings. The number of carbonyl (C=O) groups is 1. The number of esters is 1. The second kappa shape index (κ2) is 16.9. The Kier molecular flexibility index (Phi) is 18.0. The predicted octanol–water partition coefficient (Wildman–Crippen LogP) is 2.60. The fraction of sp³-hybridized carbons (Fsp3) is 0.812. The minimum Gasteiger partial charge on any atom is -0.460 e. The minimum absolute atomic E-state index is 0.209. The van der Waals surface area contributed by atoms with Crippen molar-refractivity contribution in [3.63, 3.8) is 0 Å². The first-order valence-electron chi connectivity index (χ1n) is 8.75. The SMILES string of the molecule is C=C(C)C(=O)OC[Si](C)(OCC)OCC.CCO[SiH](OCC)OCC. The molecule has 0 amide bonds. The number of hydrogen-bond acceptors (Lipinski definition) is 7. The molecule has 0 fully saturated rings. The third kappa shape index (κ3) is 15.4. The Labute approximate surface area is 155 Å². The summed E-state index contributed by atoms with van der Waals surface area (Å²) in [6.07, 6.45) is 0.209. The van der Waals surface area contributed by atoms with Crippen molar-refractivity contribution in [2.24, 2.45) is 0 Å². The molecule has 150 valence electrons. The number of rotatable bonds is 13. The van der Waals surface area contributed by atoms with E-state index in [1.54, 1.807) is 6.92 Å². The summed E-state index contributed by atoms with van der Waals surface area (Å²) >= 11 is 0. The molecule has 0 N–H and O–H groups in total. The number of ether oxygens (including phenoxy) is 1. The van der Waals surface area contributed by atoms with Gasteiger partial charge in [-0.1, -0.05) is 6.58 Å². The van der Waals surface area contributed by atoms with Crippen molar-refractivity contribution in [1.29, 1.82) is 0 Å². The fourth-order valence-electron chi connectivity index (χ4n) is 1.61. The quantitative estimate of drug-likeness (QED) is 0.269. The van der Waals surface area contributed by atoms with Crippen LogP contribution in [0.2, 0.25) is 6.55 Å². The standard InChI is InChI=1S/C10H20O4Si.C6H16O3Si/c1-6-13-15(5,14-7-2)8-12-10(11)9(3)4;1-4-7-10(8-5-2)9-6-3/h3,6-8H2,1-2,4-5H3;10H,4-6H2,1-3H3. The van der Waals surface area contributed by atoms with Gasteiger partial charge in [0.25, 0.3) is 0 Å². The Morgan fingerprint density at radius 1 is 0.880 bits per heavy atom. The van der Waals surface area contributed by atoms with Gasteiger partial charge >= 0.3 is 24.1 Å². The zero-order valence-corrected chi connectivity index (χ0v) is 19.0. The molecule has 0 saturated carbocycles. The lowest BCUT2D eigenvalue weighted by Gasteiger charge is -2.25. The molecule has 0 aromatic rings. The van der Waals surface area contributed by atoms with E-state index in [-0.39, 0.29) is 6.23 Å². The van der Waals surface area contributed by atoms with E-state index in [1.807, 2.05) is 41.2 Å². The summed E-state index contributed by atoms with van der Waals surface area (Å²) < 4.78 is 31.7. The first-order valence-corrected chi connectivity index (χ1v) is 12.7. The van der Waals surface area contributed by atoms with Crippen LogP contribution in [0.4, 0.5) is 0 Å². The molecule has 0 bridgehead atoms. The Morgan fingerprint density at radius 3 is 1.56 bits per heavy atom. The third-order valence-electron chi connectivity index (χ3n) is 2.62. The predicted molar refractivity (Wildman–Crippen MR) is 103 cm³/mol. The maximum atomic E-state index is 11.2. The molecule has 0 radical (unpaired) electrons. The van der Waals surface area contributed by atoms with Gasteiger partial charge in [-0.2, -0.15) is 0 Å². The van der Waals surface area contributed by atoms with Gasteiger partial charge < -0.3 is 26.9 Å². The van der Waals surface area contributed by atoms with Crippen molar-refractivity contribution in [2.45, 2.75) is 48.1 Å². The second-order valence-electron chi connectivity index (χ2n) is 5.01. The van der Waals surface area contributed by atoms with Gasteiger partial charge in [-0.3, -0.25) is 0 Å². The van der Waals surface area contributed by atoms with Crippen molar-refractivity contribution in [1.82, 2.24) is 0 Å². The fourth-order valence-corrected chi connectivity index (χ4v) is 4.58. The Balaban J connectivity index is 0. The van der Waals surface area contributed by atoms with Crippen LogP contribution in [0.1, 0.15) is 41.5 Å². The lowest BCUT2D eigenvalue weighted by Crippen LogP contribution is -2.45. The van der Waals surface area contributed by atoms with Crippen LogP contribution in [-0.2, 0) is 31.7 Å². The zero-order valence-electron chi connectivity index (χ0n) is 16.9. The maximum absolute atomic E-state index is 11.2. The summed E-state index contributed by atoms with van der Waals surface area (Å²) in [6, 6.07) is 0. The molecule has 0 unspecified atom stereocenters. The highest BCUT2D eigenvalue weighted by atomic mass is 28.4. The molecule has 25 heavy (non-hydrogen) atoms. The summed E-state index contributed by atoms with van der Waals surface area (Å²) in [4.78, 5) is 11.2. The lowest BCUT2D eigenvalue weighted by atomic mass is 10.4. The van der Waals surface area contributed by atoms with Crippen LogP contribution in [0.5, 0.6) is 0 Å². The van der Waals surface area contributed by atoms with E-state index < -0.39 is 24.1 Å². The molecule has 0 aromatic carbocycles. The van der Waals surface area contributed by atoms with Crippen LogP contribution in [0.25, 0.3) is 0 Å². The number of hydrogen-bond donors (Lipinski definition) is 0. The number of carbonyl (C=O) groups excluding carboxylic acids is 1. The van der Waals surface area contributed by atoms with E-state index >= 15 is 0 Å². The van der Waals surface area contributed by atoms with Gasteiger partial charge in [-0.25, -0.2) is 4.79 Å². The zero-order chi connectivity index (χ0) is 19.7. The largest absolute Gasteiger partial charge is 0.484 e. The van der Waals surface area contributed by atoms with Gasteiger partial charge in [0.15, 0.2) is 0 Å². The molecular weight excluding hydrogens is 360 g/mol. The average Bonchev–Trinajstić information content (AvgIpc) is 2.54. The summed E-state index contributed by atoms with van der Waals surface area (Å²) in [6.45, 7) is 19.8. The third-order valence-corrected chi connectivity index (χ3v) is 6.91. The lowest BCUT2D eigenvalue weighted by molar-refractivity contribution is -0.138. The molecule has 9 heteroatoms. The van der Waals surface area contributed by atoms with Crippen molar-refractivity contribution in [2.75, 3.05) is 39.3 Å². The maximum Gasteiger partial charge on any atom is 0.484 e. The minimum atomic E-state index is -2.34. The van der Waals surface area contributed by atoms with Crippen LogP contribution >= 0.6 is 0 Å². The summed E-state index contributed by atoms with van der Waals surface area (Å²) in [5, 5.41) is 0. The van der Waals surface area contributed by atoms with Gasteiger partial charge in [-0.05, 0) is 48.1 Å². The van der Waals surface area contributed by atoms with Gasteiger partial charge in [0.05, 0.1) is 0 Å². The second-order valence-corrected chi connectivity index (χ2v) is 9.72. The van der Waals surface area contributed by atoms with Crippen molar-refractivity contribution in [3.8, 4) is 0 Å². The molecule has 0 rings (SSSR count). The van der Waals surface area contributed by atoms with Crippen LogP contribution in [0.3, 0.4) is 0 Å². The van der Waals surface area contributed by atoms with Crippen LogP contribution in [-0.4, -0.2) is 63.3 Å². The topological polar surface area (TPSA) is 72.5 Å². The smallest absolute Gasteiger partial charge is 0.460 e. The van der Waals surface area contributed by atoms with Crippen molar-refractivity contribution in [3.05, 3.63) is 12.2 Å². The van der Waals surface area contributed by atoms with Gasteiger partial charge in [0.2, 0.25) is 0 Å². The average molecular weight is 397 g/mol. The van der Waals surface area contributed by atoms with Gasteiger partial charge in [0.1, 0.15) is 6.23 Å². The van der Waals surface area contributed by atoms with Crippen molar-refractivity contribution < 1.29 is 31.7 Å². The van der Waals surface area contributed by atoms with Crippen molar-refractivity contribution >= 4 is 24.1 Å². The van der Waals surface area contributed by atoms with Gasteiger partial charge in [0, 0.05) is 38.6 Å². The summed E-state index contributed by atoms with van der Waals surface area (Å²) in [5.74, 6) is -0.395. The van der Waals surface area contributed by atoms with E-state index in [9.17, 15) is 4.79 Å². The van der Waals surface area contributed by atoms with E-state index in [0.29, 0.717) is 38.6 Å². The Bertz CT molecular complexity index is 333. The monoisotopic (exact) mass is 396 g/mol.